The number of hydrogen-bond acceptors (Lipinski definition) is 4. The zero-order valence-corrected chi connectivity index (χ0v) is 10.4. The quantitative estimate of drug-likeness (QED) is 0.816. The van der Waals surface area contributed by atoms with Crippen molar-refractivity contribution in [3.63, 3.8) is 0 Å². The maximum atomic E-state index is 11.7. The molecule has 0 atom stereocenters. The topological polar surface area (TPSA) is 41.6 Å². The predicted octanol–water partition coefficient (Wildman–Crippen LogP) is 1.14. The van der Waals surface area contributed by atoms with Crippen molar-refractivity contribution in [3.8, 4) is 0 Å². The first kappa shape index (κ1) is 12.4. The van der Waals surface area contributed by atoms with Crippen LogP contribution in [0.2, 0.25) is 0 Å². The fraction of sp³-hybridized carbons (Fsp3) is 0.417. The molecule has 1 N–H and O–H groups in total. The number of thioether (sulfide) groups is 1. The minimum atomic E-state index is 0.0424. The SMILES string of the molecule is O=C(CSc1ccccc1)NN1CCOCC1. The van der Waals surface area contributed by atoms with Crippen molar-refractivity contribution in [1.29, 1.82) is 0 Å². The normalized spacial score (nSPS) is 16.7. The van der Waals surface area contributed by atoms with E-state index in [-0.39, 0.29) is 5.91 Å². The number of benzene rings is 1. The third-order valence-electron chi connectivity index (χ3n) is 2.41. The smallest absolute Gasteiger partial charge is 0.244 e. The average Bonchev–Trinajstić information content (AvgIpc) is 2.39. The summed E-state index contributed by atoms with van der Waals surface area (Å²) >= 11 is 1.55. The molecule has 92 valence electrons. The van der Waals surface area contributed by atoms with Gasteiger partial charge in [-0.2, -0.15) is 0 Å². The van der Waals surface area contributed by atoms with Gasteiger partial charge in [-0.3, -0.25) is 10.2 Å². The minimum Gasteiger partial charge on any atom is -0.379 e. The number of morpholine rings is 1. The largest absolute Gasteiger partial charge is 0.379 e. The maximum absolute atomic E-state index is 11.7. The third kappa shape index (κ3) is 4.38. The number of nitrogens with zero attached hydrogens (tertiary/aromatic N) is 1. The van der Waals surface area contributed by atoms with E-state index in [1.54, 1.807) is 11.8 Å². The molecule has 4 nitrogen and oxygen atoms in total. The first-order chi connectivity index (χ1) is 8.34. The summed E-state index contributed by atoms with van der Waals surface area (Å²) in [6, 6.07) is 9.93. The summed E-state index contributed by atoms with van der Waals surface area (Å²) in [6.45, 7) is 2.90. The molecule has 1 aromatic carbocycles. The Hall–Kier alpha value is -1.04. The molecule has 0 radical (unpaired) electrons. The van der Waals surface area contributed by atoms with Crippen LogP contribution in [0, 0.1) is 0 Å². The molecule has 0 aromatic heterocycles. The number of amides is 1. The lowest BCUT2D eigenvalue weighted by Crippen LogP contribution is -2.48. The van der Waals surface area contributed by atoms with Gasteiger partial charge < -0.3 is 4.74 Å². The lowest BCUT2D eigenvalue weighted by Gasteiger charge is -2.26. The summed E-state index contributed by atoms with van der Waals surface area (Å²) in [6.07, 6.45) is 0. The highest BCUT2D eigenvalue weighted by Crippen LogP contribution is 2.16. The highest BCUT2D eigenvalue weighted by atomic mass is 32.2. The molecule has 0 unspecified atom stereocenters. The van der Waals surface area contributed by atoms with E-state index in [1.165, 1.54) is 0 Å². The summed E-state index contributed by atoms with van der Waals surface area (Å²) in [7, 11) is 0. The average molecular weight is 252 g/mol. The summed E-state index contributed by atoms with van der Waals surface area (Å²) in [5.41, 5.74) is 2.88. The molecule has 0 bridgehead atoms. The first-order valence-corrected chi connectivity index (χ1v) is 6.63. The molecule has 17 heavy (non-hydrogen) atoms. The van der Waals surface area contributed by atoms with Crippen molar-refractivity contribution in [2.45, 2.75) is 4.90 Å². The van der Waals surface area contributed by atoms with Crippen LogP contribution in [0.15, 0.2) is 35.2 Å². The molecule has 1 aliphatic heterocycles. The van der Waals surface area contributed by atoms with E-state index in [0.29, 0.717) is 19.0 Å². The number of hydrogen-bond donors (Lipinski definition) is 1. The lowest BCUT2D eigenvalue weighted by molar-refractivity contribution is -0.125. The van der Waals surface area contributed by atoms with Crippen LogP contribution in [0.1, 0.15) is 0 Å². The van der Waals surface area contributed by atoms with Crippen molar-refractivity contribution in [3.05, 3.63) is 30.3 Å². The fourth-order valence-electron chi connectivity index (χ4n) is 1.55. The summed E-state index contributed by atoms with van der Waals surface area (Å²) in [4.78, 5) is 12.8. The molecule has 1 aromatic rings. The van der Waals surface area contributed by atoms with E-state index in [2.05, 4.69) is 5.43 Å². The lowest BCUT2D eigenvalue weighted by atomic mass is 10.4. The molecule has 1 heterocycles. The van der Waals surface area contributed by atoms with E-state index in [4.69, 9.17) is 4.74 Å². The van der Waals surface area contributed by atoms with Crippen molar-refractivity contribution < 1.29 is 9.53 Å². The number of ether oxygens (including phenoxy) is 1. The van der Waals surface area contributed by atoms with Crippen LogP contribution in [0.5, 0.6) is 0 Å². The molecule has 1 aliphatic rings. The molecule has 2 rings (SSSR count). The molecule has 5 heteroatoms. The van der Waals surface area contributed by atoms with Gasteiger partial charge in [-0.05, 0) is 12.1 Å². The van der Waals surface area contributed by atoms with Crippen LogP contribution in [-0.2, 0) is 9.53 Å². The third-order valence-corrected chi connectivity index (χ3v) is 3.42. The number of rotatable bonds is 4. The molecule has 0 aliphatic carbocycles. The Morgan fingerprint density at radius 1 is 1.29 bits per heavy atom. The van der Waals surface area contributed by atoms with Gasteiger partial charge in [0.25, 0.3) is 0 Å². The van der Waals surface area contributed by atoms with Crippen LogP contribution in [0.4, 0.5) is 0 Å². The van der Waals surface area contributed by atoms with Crippen molar-refractivity contribution in [2.75, 3.05) is 32.1 Å². The standard InChI is InChI=1S/C12H16N2O2S/c15-12(13-14-6-8-16-9-7-14)10-17-11-4-2-1-3-5-11/h1-5H,6-10H2,(H,13,15). The van der Waals surface area contributed by atoms with E-state index in [1.807, 2.05) is 35.3 Å². The molecule has 0 saturated carbocycles. The van der Waals surface area contributed by atoms with Gasteiger partial charge in [0.1, 0.15) is 0 Å². The molecule has 1 amide bonds. The summed E-state index contributed by atoms with van der Waals surface area (Å²) in [5.74, 6) is 0.488. The molecular formula is C12H16N2O2S. The second-order valence-corrected chi connectivity index (χ2v) is 4.78. The Balaban J connectivity index is 1.70. The van der Waals surface area contributed by atoms with E-state index < -0.39 is 0 Å². The van der Waals surface area contributed by atoms with Crippen LogP contribution in [-0.4, -0.2) is 43.0 Å². The van der Waals surface area contributed by atoms with Crippen molar-refractivity contribution in [1.82, 2.24) is 10.4 Å². The van der Waals surface area contributed by atoms with Crippen LogP contribution < -0.4 is 5.43 Å². The molecular weight excluding hydrogens is 236 g/mol. The van der Waals surface area contributed by atoms with E-state index in [9.17, 15) is 4.79 Å². The second-order valence-electron chi connectivity index (χ2n) is 3.74. The monoisotopic (exact) mass is 252 g/mol. The number of carbonyl (C=O) groups is 1. The first-order valence-electron chi connectivity index (χ1n) is 5.64. The van der Waals surface area contributed by atoms with Crippen molar-refractivity contribution in [2.24, 2.45) is 0 Å². The van der Waals surface area contributed by atoms with Gasteiger partial charge in [-0.25, -0.2) is 5.01 Å². The Kier molecular flexibility index (Phi) is 4.85. The molecule has 1 saturated heterocycles. The Bertz CT molecular complexity index is 353. The highest BCUT2D eigenvalue weighted by Gasteiger charge is 2.12. The van der Waals surface area contributed by atoms with Gasteiger partial charge in [0, 0.05) is 18.0 Å². The summed E-state index contributed by atoms with van der Waals surface area (Å²) < 4.78 is 5.21. The summed E-state index contributed by atoms with van der Waals surface area (Å²) in [5, 5.41) is 1.91. The highest BCUT2D eigenvalue weighted by molar-refractivity contribution is 8.00. The minimum absolute atomic E-state index is 0.0424. The van der Waals surface area contributed by atoms with E-state index >= 15 is 0 Å². The predicted molar refractivity (Wildman–Crippen MR) is 67.7 cm³/mol. The second kappa shape index (κ2) is 6.64. The fourth-order valence-corrected chi connectivity index (χ4v) is 2.26. The zero-order valence-electron chi connectivity index (χ0n) is 9.59. The zero-order chi connectivity index (χ0) is 11.9. The number of carbonyl (C=O) groups excluding carboxylic acids is 1. The maximum Gasteiger partial charge on any atom is 0.244 e. The van der Waals surface area contributed by atoms with Gasteiger partial charge in [-0.1, -0.05) is 18.2 Å². The Morgan fingerprint density at radius 3 is 2.71 bits per heavy atom. The van der Waals surface area contributed by atoms with E-state index in [0.717, 1.165) is 18.0 Å². The molecule has 0 spiro atoms. The number of nitrogens with one attached hydrogen (secondary N) is 1. The van der Waals surface area contributed by atoms with Gasteiger partial charge in [0.2, 0.25) is 5.91 Å². The van der Waals surface area contributed by atoms with Gasteiger partial charge in [0.15, 0.2) is 0 Å². The Morgan fingerprint density at radius 2 is 2.00 bits per heavy atom. The van der Waals surface area contributed by atoms with Crippen LogP contribution in [0.25, 0.3) is 0 Å². The molecule has 1 fully saturated rings. The van der Waals surface area contributed by atoms with Crippen molar-refractivity contribution >= 4 is 17.7 Å². The van der Waals surface area contributed by atoms with Gasteiger partial charge in [0.05, 0.1) is 19.0 Å². The van der Waals surface area contributed by atoms with Gasteiger partial charge >= 0.3 is 0 Å². The Labute approximate surface area is 105 Å². The van der Waals surface area contributed by atoms with Gasteiger partial charge in [-0.15, -0.1) is 11.8 Å². The van der Waals surface area contributed by atoms with Crippen LogP contribution >= 0.6 is 11.8 Å². The van der Waals surface area contributed by atoms with Crippen LogP contribution in [0.3, 0.4) is 0 Å². The number of hydrazine groups is 1.